The summed E-state index contributed by atoms with van der Waals surface area (Å²) in [4.78, 5) is 95.0. The minimum atomic E-state index is -1.15. The van der Waals surface area contributed by atoms with E-state index in [2.05, 4.69) is 27.0 Å². The number of hydrogen-bond donors (Lipinski definition) is 2. The van der Waals surface area contributed by atoms with Crippen LogP contribution in [0, 0.1) is 23.7 Å². The summed E-state index contributed by atoms with van der Waals surface area (Å²) in [6.07, 6.45) is 28.5. The van der Waals surface area contributed by atoms with Gasteiger partial charge in [-0.15, -0.1) is 0 Å². The summed E-state index contributed by atoms with van der Waals surface area (Å²) in [7, 11) is 0. The molecule has 0 bridgehead atoms. The van der Waals surface area contributed by atoms with Gasteiger partial charge < -0.3 is 38.6 Å². The predicted octanol–water partition coefficient (Wildman–Crippen LogP) is 12.7. The number of carboxylic acids is 2. The predicted molar refractivity (Wildman–Crippen MR) is 286 cm³/mol. The Kier molecular flexibility index (Phi) is 39.5. The Morgan fingerprint density at radius 2 is 0.707 bits per heavy atom. The summed E-state index contributed by atoms with van der Waals surface area (Å²) < 4.78 is 31.4. The molecule has 430 valence electrons. The van der Waals surface area contributed by atoms with Gasteiger partial charge >= 0.3 is 47.8 Å². The Labute approximate surface area is 449 Å². The van der Waals surface area contributed by atoms with Crippen LogP contribution in [0.2, 0.25) is 0 Å². The van der Waals surface area contributed by atoms with Gasteiger partial charge in [-0.2, -0.15) is 0 Å². The van der Waals surface area contributed by atoms with E-state index in [9.17, 15) is 38.4 Å². The first-order valence-electron chi connectivity index (χ1n) is 28.8. The van der Waals surface area contributed by atoms with Crippen molar-refractivity contribution in [3.05, 3.63) is 24.3 Å². The zero-order chi connectivity index (χ0) is 55.6. The van der Waals surface area contributed by atoms with Crippen LogP contribution in [0.15, 0.2) is 24.3 Å². The van der Waals surface area contributed by atoms with E-state index in [0.717, 1.165) is 75.0 Å². The maximum atomic E-state index is 12.6. The number of carbonyl (C=O) groups is 8. The fourth-order valence-corrected chi connectivity index (χ4v) is 9.97. The first-order chi connectivity index (χ1) is 36.0. The number of carbonyl (C=O) groups excluding carboxylic acids is 6. The molecule has 6 unspecified atom stereocenters. The molecule has 1 aliphatic carbocycles. The van der Waals surface area contributed by atoms with E-state index in [1.165, 1.54) is 123 Å². The maximum Gasteiger partial charge on any atom is 0.333 e. The fourth-order valence-electron chi connectivity index (χ4n) is 9.97. The van der Waals surface area contributed by atoms with Crippen LogP contribution in [0.1, 0.15) is 240 Å². The second-order valence-electron chi connectivity index (χ2n) is 20.9. The highest BCUT2D eigenvalue weighted by Crippen LogP contribution is 2.48. The van der Waals surface area contributed by atoms with E-state index in [4.69, 9.17) is 38.6 Å². The molecule has 0 aromatic heterocycles. The van der Waals surface area contributed by atoms with Crippen molar-refractivity contribution >= 4 is 47.8 Å². The second-order valence-corrected chi connectivity index (χ2v) is 20.9. The van der Waals surface area contributed by atoms with Gasteiger partial charge in [0.2, 0.25) is 0 Å². The smallest absolute Gasteiger partial charge is 0.333 e. The van der Waals surface area contributed by atoms with Gasteiger partial charge in [0.15, 0.2) is 12.2 Å². The number of rotatable bonds is 47. The Bertz CT molecular complexity index is 1690. The molecule has 0 heterocycles. The maximum absolute atomic E-state index is 12.6. The van der Waals surface area contributed by atoms with E-state index in [1.807, 2.05) is 0 Å². The standard InChI is InChI=1S/C59H98O16/c1-7-9-11-17-24-30-50-46(28-22-12-10-8-2)34-35-47(29-23-18-13-15-20-26-32-54(64)70-40-48(42-72-58(68)44(3)4)74-56(66)38-36-52(60)61)51(50)31-25-19-14-16-21-27-33-55(65)71-41-49(43-73-59(69)45(5)6)75-57(67)39-37-53(62)63/h46-51H,3,5,7-43H2,1-2,4,6H3,(H,60,61)(H,62,63). The largest absolute Gasteiger partial charge is 0.481 e. The van der Waals surface area contributed by atoms with Gasteiger partial charge in [-0.05, 0) is 76.0 Å². The molecule has 1 aliphatic rings. The second kappa shape index (κ2) is 43.4. The van der Waals surface area contributed by atoms with Crippen LogP contribution in [0.5, 0.6) is 0 Å². The minimum absolute atomic E-state index is 0.159. The van der Waals surface area contributed by atoms with Gasteiger partial charge in [0.1, 0.15) is 26.4 Å². The number of esters is 6. The zero-order valence-electron chi connectivity index (χ0n) is 46.7. The number of carboxylic acid groups (broad SMARTS) is 2. The molecule has 0 amide bonds. The zero-order valence-corrected chi connectivity index (χ0v) is 46.7. The average molecular weight is 1060 g/mol. The third-order valence-electron chi connectivity index (χ3n) is 14.2. The number of unbranched alkanes of at least 4 members (excludes halogenated alkanes) is 17. The summed E-state index contributed by atoms with van der Waals surface area (Å²) in [5, 5.41) is 17.8. The van der Waals surface area contributed by atoms with Crippen LogP contribution >= 0.6 is 0 Å². The van der Waals surface area contributed by atoms with Gasteiger partial charge in [0.25, 0.3) is 0 Å². The molecule has 0 aliphatic heterocycles. The molecular formula is C59H98O16. The first-order valence-corrected chi connectivity index (χ1v) is 28.8. The Morgan fingerprint density at radius 3 is 1.05 bits per heavy atom. The fraction of sp³-hybridized carbons (Fsp3) is 0.797. The van der Waals surface area contributed by atoms with Crippen molar-refractivity contribution in [2.75, 3.05) is 26.4 Å². The van der Waals surface area contributed by atoms with Gasteiger partial charge in [-0.1, -0.05) is 162 Å². The summed E-state index contributed by atoms with van der Waals surface area (Å²) in [6.45, 7) is 13.2. The topological polar surface area (TPSA) is 232 Å². The number of ether oxygens (including phenoxy) is 6. The monoisotopic (exact) mass is 1060 g/mol. The average Bonchev–Trinajstić information content (AvgIpc) is 3.37. The van der Waals surface area contributed by atoms with E-state index < -0.39 is 72.8 Å². The molecule has 1 fully saturated rings. The van der Waals surface area contributed by atoms with Crippen molar-refractivity contribution in [1.29, 1.82) is 0 Å². The van der Waals surface area contributed by atoms with Gasteiger partial charge in [-0.3, -0.25) is 28.8 Å². The van der Waals surface area contributed by atoms with Crippen molar-refractivity contribution in [3.8, 4) is 0 Å². The molecule has 16 nitrogen and oxygen atoms in total. The van der Waals surface area contributed by atoms with E-state index in [0.29, 0.717) is 12.8 Å². The van der Waals surface area contributed by atoms with Crippen LogP contribution in [-0.4, -0.2) is 96.6 Å². The molecule has 0 saturated heterocycles. The first kappa shape index (κ1) is 68.3. The lowest BCUT2D eigenvalue weighted by atomic mass is 9.61. The summed E-state index contributed by atoms with van der Waals surface area (Å²) >= 11 is 0. The molecule has 0 spiro atoms. The van der Waals surface area contributed by atoms with Crippen molar-refractivity contribution in [2.45, 2.75) is 252 Å². The van der Waals surface area contributed by atoms with Crippen LogP contribution in [0.25, 0.3) is 0 Å². The van der Waals surface area contributed by atoms with Crippen molar-refractivity contribution in [3.63, 3.8) is 0 Å². The van der Waals surface area contributed by atoms with Crippen molar-refractivity contribution < 1.29 is 77.0 Å². The molecule has 0 aromatic rings. The number of aliphatic carboxylic acids is 2. The molecular weight excluding hydrogens is 965 g/mol. The molecule has 75 heavy (non-hydrogen) atoms. The van der Waals surface area contributed by atoms with Crippen LogP contribution in [0.3, 0.4) is 0 Å². The summed E-state index contributed by atoms with van der Waals surface area (Å²) in [5.41, 5.74) is 0.318. The van der Waals surface area contributed by atoms with Crippen molar-refractivity contribution in [1.82, 2.24) is 0 Å². The molecule has 16 heteroatoms. The van der Waals surface area contributed by atoms with Gasteiger partial charge in [0.05, 0.1) is 25.7 Å². The highest BCUT2D eigenvalue weighted by molar-refractivity contribution is 5.87. The van der Waals surface area contributed by atoms with Crippen LogP contribution in [0.4, 0.5) is 0 Å². The van der Waals surface area contributed by atoms with E-state index in [1.54, 1.807) is 0 Å². The molecule has 2 N–H and O–H groups in total. The Hall–Kier alpha value is -4.76. The SMILES string of the molecule is C=C(C)C(=O)OCC(COC(=O)CCCCCCCCC1CCC(CCCCCC)C(CCCCCCC)C1CCCCCCCCC(=O)OCC(COC(=O)C(=C)C)OC(=O)CCC(=O)O)OC(=O)CCC(=O)O. The van der Waals surface area contributed by atoms with Crippen molar-refractivity contribution in [2.24, 2.45) is 23.7 Å². The summed E-state index contributed by atoms with van der Waals surface area (Å²) in [6, 6.07) is 0. The van der Waals surface area contributed by atoms with Gasteiger partial charge in [0, 0.05) is 24.0 Å². The highest BCUT2D eigenvalue weighted by Gasteiger charge is 2.38. The molecule has 1 saturated carbocycles. The lowest BCUT2D eigenvalue weighted by Crippen LogP contribution is -2.35. The molecule has 0 radical (unpaired) electrons. The summed E-state index contributed by atoms with van der Waals surface area (Å²) in [5.74, 6) is -3.03. The molecule has 1 rings (SSSR count). The van der Waals surface area contributed by atoms with E-state index >= 15 is 0 Å². The molecule has 6 atom stereocenters. The third-order valence-corrected chi connectivity index (χ3v) is 14.2. The third kappa shape index (κ3) is 36.0. The lowest BCUT2D eigenvalue weighted by Gasteiger charge is -2.44. The number of hydrogen-bond acceptors (Lipinski definition) is 14. The highest BCUT2D eigenvalue weighted by atomic mass is 16.6. The molecule has 0 aromatic carbocycles. The minimum Gasteiger partial charge on any atom is -0.481 e. The Morgan fingerprint density at radius 1 is 0.400 bits per heavy atom. The lowest BCUT2D eigenvalue weighted by molar-refractivity contribution is -0.166. The Balaban J connectivity index is 2.71. The van der Waals surface area contributed by atoms with E-state index in [-0.39, 0.29) is 63.3 Å². The van der Waals surface area contributed by atoms with Crippen LogP contribution in [-0.2, 0) is 66.8 Å². The normalized spacial score (nSPS) is 17.0. The van der Waals surface area contributed by atoms with Gasteiger partial charge in [-0.25, -0.2) is 9.59 Å². The van der Waals surface area contributed by atoms with Crippen LogP contribution < -0.4 is 0 Å². The quantitative estimate of drug-likeness (QED) is 0.0250.